The SMILES string of the molecule is O=C1C(=O)N(Cc2ccco2)C(c2ccc(O)c(Cl)c2)/C1=C(/O)c1ccc(Cl)cc1. The van der Waals surface area contributed by atoms with Crippen molar-refractivity contribution in [3.05, 3.63) is 93.4 Å². The summed E-state index contributed by atoms with van der Waals surface area (Å²) in [5.74, 6) is -1.61. The van der Waals surface area contributed by atoms with Crippen LogP contribution in [0.3, 0.4) is 0 Å². The molecule has 1 unspecified atom stereocenters. The third-order valence-electron chi connectivity index (χ3n) is 4.85. The fraction of sp³-hybridized carbons (Fsp3) is 0.0909. The van der Waals surface area contributed by atoms with E-state index in [9.17, 15) is 19.8 Å². The Hall–Kier alpha value is -3.22. The number of amides is 1. The standard InChI is InChI=1S/C22H15Cl2NO5/c23-14-6-3-12(4-7-14)20(27)18-19(13-5-8-17(26)16(24)10-13)25(22(29)21(18)28)11-15-2-1-9-30-15/h1-10,19,26-27H,11H2/b20-18-. The van der Waals surface area contributed by atoms with Crippen molar-refractivity contribution >= 4 is 40.7 Å². The van der Waals surface area contributed by atoms with Crippen LogP contribution in [0.4, 0.5) is 0 Å². The van der Waals surface area contributed by atoms with Gasteiger partial charge in [0.15, 0.2) is 0 Å². The zero-order valence-electron chi connectivity index (χ0n) is 15.4. The Morgan fingerprint density at radius 3 is 2.43 bits per heavy atom. The second kappa shape index (κ2) is 7.89. The molecule has 1 aliphatic heterocycles. The van der Waals surface area contributed by atoms with Crippen LogP contribution in [0.5, 0.6) is 5.75 Å². The molecule has 152 valence electrons. The molecule has 0 aliphatic carbocycles. The second-order valence-electron chi connectivity index (χ2n) is 6.72. The fourth-order valence-corrected chi connectivity index (χ4v) is 3.73. The van der Waals surface area contributed by atoms with Gasteiger partial charge in [-0.1, -0.05) is 29.3 Å². The lowest BCUT2D eigenvalue weighted by molar-refractivity contribution is -0.140. The van der Waals surface area contributed by atoms with E-state index in [1.54, 1.807) is 42.5 Å². The van der Waals surface area contributed by atoms with Crippen LogP contribution < -0.4 is 0 Å². The molecule has 0 bridgehead atoms. The first-order valence-corrected chi connectivity index (χ1v) is 9.67. The number of aromatic hydroxyl groups is 1. The summed E-state index contributed by atoms with van der Waals surface area (Å²) in [6.45, 7) is 0.0120. The first-order valence-electron chi connectivity index (χ1n) is 8.92. The van der Waals surface area contributed by atoms with Gasteiger partial charge < -0.3 is 19.5 Å². The molecule has 4 rings (SSSR count). The molecule has 6 nitrogen and oxygen atoms in total. The van der Waals surface area contributed by atoms with E-state index in [0.29, 0.717) is 21.9 Å². The molecule has 0 saturated carbocycles. The zero-order valence-corrected chi connectivity index (χ0v) is 16.9. The highest BCUT2D eigenvalue weighted by molar-refractivity contribution is 6.46. The molecule has 2 N–H and O–H groups in total. The van der Waals surface area contributed by atoms with Gasteiger partial charge in [-0.3, -0.25) is 9.59 Å². The normalized spacial score (nSPS) is 18.2. The van der Waals surface area contributed by atoms with Crippen molar-refractivity contribution in [3.8, 4) is 5.75 Å². The van der Waals surface area contributed by atoms with Crippen LogP contribution in [0.15, 0.2) is 70.9 Å². The van der Waals surface area contributed by atoms with E-state index in [1.165, 1.54) is 23.3 Å². The molecule has 3 aromatic rings. The van der Waals surface area contributed by atoms with Gasteiger partial charge in [0.05, 0.1) is 29.4 Å². The van der Waals surface area contributed by atoms with Gasteiger partial charge in [-0.25, -0.2) is 0 Å². The Bertz CT molecular complexity index is 1150. The number of phenolic OH excluding ortho intramolecular Hbond substituents is 1. The van der Waals surface area contributed by atoms with Gasteiger partial charge in [0, 0.05) is 10.6 Å². The number of rotatable bonds is 4. The maximum atomic E-state index is 12.9. The van der Waals surface area contributed by atoms with Crippen LogP contribution in [0.2, 0.25) is 10.0 Å². The molecule has 1 amide bonds. The lowest BCUT2D eigenvalue weighted by atomic mass is 9.95. The van der Waals surface area contributed by atoms with Gasteiger partial charge in [-0.15, -0.1) is 0 Å². The first-order chi connectivity index (χ1) is 14.4. The summed E-state index contributed by atoms with van der Waals surface area (Å²) >= 11 is 12.0. The first kappa shape index (κ1) is 20.1. The maximum absolute atomic E-state index is 12.9. The van der Waals surface area contributed by atoms with Gasteiger partial charge >= 0.3 is 0 Å². The minimum absolute atomic E-state index is 0.0120. The number of carbonyl (C=O) groups is 2. The highest BCUT2D eigenvalue weighted by Crippen LogP contribution is 2.42. The van der Waals surface area contributed by atoms with Crippen LogP contribution in [0.25, 0.3) is 5.76 Å². The molecule has 1 aliphatic rings. The van der Waals surface area contributed by atoms with Gasteiger partial charge in [-0.2, -0.15) is 0 Å². The minimum Gasteiger partial charge on any atom is -0.507 e. The molecular formula is C22H15Cl2NO5. The second-order valence-corrected chi connectivity index (χ2v) is 7.57. The fourth-order valence-electron chi connectivity index (χ4n) is 3.42. The van der Waals surface area contributed by atoms with Crippen molar-refractivity contribution < 1.29 is 24.2 Å². The number of phenols is 1. The quantitative estimate of drug-likeness (QED) is 0.339. The minimum atomic E-state index is -0.927. The van der Waals surface area contributed by atoms with Gasteiger partial charge in [0.2, 0.25) is 0 Å². The molecule has 1 fully saturated rings. The lowest BCUT2D eigenvalue weighted by Crippen LogP contribution is -2.29. The largest absolute Gasteiger partial charge is 0.507 e. The summed E-state index contributed by atoms with van der Waals surface area (Å²) < 4.78 is 5.34. The molecule has 0 radical (unpaired) electrons. The number of benzene rings is 2. The molecular weight excluding hydrogens is 429 g/mol. The lowest BCUT2D eigenvalue weighted by Gasteiger charge is -2.24. The van der Waals surface area contributed by atoms with E-state index < -0.39 is 17.7 Å². The van der Waals surface area contributed by atoms with Crippen molar-refractivity contribution in [3.63, 3.8) is 0 Å². The summed E-state index contributed by atoms with van der Waals surface area (Å²) in [6, 6.07) is 13.0. The maximum Gasteiger partial charge on any atom is 0.296 e. The van der Waals surface area contributed by atoms with E-state index in [1.807, 2.05) is 0 Å². The van der Waals surface area contributed by atoms with Crippen LogP contribution >= 0.6 is 23.2 Å². The Labute approximate surface area is 181 Å². The highest BCUT2D eigenvalue weighted by atomic mass is 35.5. The summed E-state index contributed by atoms with van der Waals surface area (Å²) in [7, 11) is 0. The van der Waals surface area contributed by atoms with E-state index in [4.69, 9.17) is 27.6 Å². The number of hydrogen-bond acceptors (Lipinski definition) is 5. The van der Waals surface area contributed by atoms with Crippen molar-refractivity contribution in [2.75, 3.05) is 0 Å². The topological polar surface area (TPSA) is 91.0 Å². The van der Waals surface area contributed by atoms with E-state index in [2.05, 4.69) is 0 Å². The smallest absolute Gasteiger partial charge is 0.296 e. The zero-order chi connectivity index (χ0) is 21.4. The van der Waals surface area contributed by atoms with Crippen molar-refractivity contribution in [1.82, 2.24) is 4.90 Å². The average molecular weight is 444 g/mol. The molecule has 2 heterocycles. The molecule has 1 saturated heterocycles. The van der Waals surface area contributed by atoms with Crippen LogP contribution in [-0.2, 0) is 16.1 Å². The Balaban J connectivity index is 1.88. The average Bonchev–Trinajstić information content (AvgIpc) is 3.33. The predicted molar refractivity (Wildman–Crippen MR) is 111 cm³/mol. The van der Waals surface area contributed by atoms with E-state index >= 15 is 0 Å². The summed E-state index contributed by atoms with van der Waals surface area (Å²) in [4.78, 5) is 27.1. The molecule has 0 spiro atoms. The van der Waals surface area contributed by atoms with Gasteiger partial charge in [-0.05, 0) is 54.1 Å². The summed E-state index contributed by atoms with van der Waals surface area (Å²) in [5.41, 5.74) is 0.708. The van der Waals surface area contributed by atoms with Crippen LogP contribution in [0, 0.1) is 0 Å². The number of Topliss-reactive ketones (excluding diaryl/α,β-unsaturated/α-hetero) is 1. The molecule has 30 heavy (non-hydrogen) atoms. The van der Waals surface area contributed by atoms with Crippen molar-refractivity contribution in [1.29, 1.82) is 0 Å². The number of furan rings is 1. The van der Waals surface area contributed by atoms with Crippen LogP contribution in [-0.4, -0.2) is 26.8 Å². The van der Waals surface area contributed by atoms with E-state index in [0.717, 1.165) is 0 Å². The monoisotopic (exact) mass is 443 g/mol. The number of halogens is 2. The number of aliphatic hydroxyl groups excluding tert-OH is 1. The van der Waals surface area contributed by atoms with Crippen LogP contribution in [0.1, 0.15) is 22.9 Å². The summed E-state index contributed by atoms with van der Waals surface area (Å²) in [6.07, 6.45) is 1.46. The number of carbonyl (C=O) groups excluding carboxylic acids is 2. The molecule has 8 heteroatoms. The third kappa shape index (κ3) is 3.56. The Morgan fingerprint density at radius 2 is 1.80 bits per heavy atom. The van der Waals surface area contributed by atoms with Gasteiger partial charge in [0.1, 0.15) is 17.3 Å². The number of likely N-dealkylation sites (tertiary alicyclic amines) is 1. The third-order valence-corrected chi connectivity index (χ3v) is 5.41. The summed E-state index contributed by atoms with van der Waals surface area (Å²) in [5, 5.41) is 21.2. The Kier molecular flexibility index (Phi) is 5.28. The van der Waals surface area contributed by atoms with Gasteiger partial charge in [0.25, 0.3) is 11.7 Å². The van der Waals surface area contributed by atoms with Crippen molar-refractivity contribution in [2.24, 2.45) is 0 Å². The highest BCUT2D eigenvalue weighted by Gasteiger charge is 2.46. The van der Waals surface area contributed by atoms with E-state index in [-0.39, 0.29) is 28.6 Å². The number of hydrogen-bond donors (Lipinski definition) is 2. The number of aliphatic hydroxyl groups is 1. The molecule has 2 aromatic carbocycles. The number of ketones is 1. The Morgan fingerprint density at radius 1 is 1.07 bits per heavy atom. The predicted octanol–water partition coefficient (Wildman–Crippen LogP) is 4.91. The molecule has 1 aromatic heterocycles. The van der Waals surface area contributed by atoms with Crippen molar-refractivity contribution in [2.45, 2.75) is 12.6 Å². The number of nitrogens with zero attached hydrogens (tertiary/aromatic N) is 1. The molecule has 1 atom stereocenters.